The highest BCUT2D eigenvalue weighted by atomic mass is 32.1. The van der Waals surface area contributed by atoms with Crippen LogP contribution in [0.2, 0.25) is 0 Å². The minimum atomic E-state index is 0.0151. The minimum Gasteiger partial charge on any atom is -0.336 e. The van der Waals surface area contributed by atoms with E-state index in [0.29, 0.717) is 24.5 Å². The number of piperazine rings is 1. The van der Waals surface area contributed by atoms with Crippen LogP contribution < -0.4 is 0 Å². The van der Waals surface area contributed by atoms with E-state index in [9.17, 15) is 4.79 Å². The van der Waals surface area contributed by atoms with Gasteiger partial charge < -0.3 is 4.90 Å². The summed E-state index contributed by atoms with van der Waals surface area (Å²) < 4.78 is 0. The number of rotatable bonds is 4. The second kappa shape index (κ2) is 8.16. The van der Waals surface area contributed by atoms with E-state index in [1.54, 1.807) is 17.5 Å². The van der Waals surface area contributed by atoms with Crippen LogP contribution in [0.15, 0.2) is 41.9 Å². The fourth-order valence-electron chi connectivity index (χ4n) is 3.39. The van der Waals surface area contributed by atoms with E-state index in [2.05, 4.69) is 25.2 Å². The van der Waals surface area contributed by atoms with Gasteiger partial charge in [0.05, 0.1) is 22.0 Å². The summed E-state index contributed by atoms with van der Waals surface area (Å²) in [6.07, 6.45) is 1.66. The van der Waals surface area contributed by atoms with E-state index >= 15 is 0 Å². The number of hydrogen-bond acceptors (Lipinski definition) is 6. The van der Waals surface area contributed by atoms with Crippen molar-refractivity contribution in [3.05, 3.63) is 63.9 Å². The number of carbonyl (C=O) groups is 1. The number of carbonyl (C=O) groups excluding carboxylic acids is 1. The first-order valence-corrected chi connectivity index (χ1v) is 10.3. The zero-order chi connectivity index (χ0) is 19.5. The molecule has 1 aromatic carbocycles. The zero-order valence-corrected chi connectivity index (χ0v) is 16.9. The van der Waals surface area contributed by atoms with Gasteiger partial charge in [0.2, 0.25) is 0 Å². The molecule has 28 heavy (non-hydrogen) atoms. The molecule has 1 amide bonds. The number of aryl methyl sites for hydroxylation is 2. The molecule has 1 fully saturated rings. The predicted molar refractivity (Wildman–Crippen MR) is 110 cm³/mol. The summed E-state index contributed by atoms with van der Waals surface area (Å²) in [4.78, 5) is 30.7. The molecule has 0 aliphatic carbocycles. The average Bonchev–Trinajstić information content (AvgIpc) is 3.13. The normalized spacial score (nSPS) is 15.0. The van der Waals surface area contributed by atoms with Crippen LogP contribution in [0.25, 0.3) is 11.4 Å². The molecule has 3 heterocycles. The Morgan fingerprint density at radius 3 is 2.46 bits per heavy atom. The van der Waals surface area contributed by atoms with Gasteiger partial charge in [0.25, 0.3) is 5.91 Å². The Kier molecular flexibility index (Phi) is 5.45. The molecule has 1 saturated heterocycles. The monoisotopic (exact) mass is 393 g/mol. The van der Waals surface area contributed by atoms with Gasteiger partial charge in [0.1, 0.15) is 0 Å². The van der Waals surface area contributed by atoms with Gasteiger partial charge >= 0.3 is 0 Å². The van der Waals surface area contributed by atoms with Crippen molar-refractivity contribution < 1.29 is 4.79 Å². The quantitative estimate of drug-likeness (QED) is 0.681. The molecule has 0 N–H and O–H groups in total. The summed E-state index contributed by atoms with van der Waals surface area (Å²) in [6.45, 7) is 7.87. The summed E-state index contributed by atoms with van der Waals surface area (Å²) in [7, 11) is 0. The standard InChI is InChI=1S/C21H23N5OS/c1-15-19(12-22-20(23-15)17-6-4-3-5-7-17)21(27)26-10-8-25(9-11-26)13-18-14-28-16(2)24-18/h3-7,12,14H,8-11,13H2,1-2H3. The first kappa shape index (κ1) is 18.7. The highest BCUT2D eigenvalue weighted by Crippen LogP contribution is 2.18. The molecule has 144 valence electrons. The Morgan fingerprint density at radius 2 is 1.82 bits per heavy atom. The fourth-order valence-corrected chi connectivity index (χ4v) is 4.00. The molecule has 0 atom stereocenters. The van der Waals surface area contributed by atoms with Crippen molar-refractivity contribution in [2.75, 3.05) is 26.2 Å². The lowest BCUT2D eigenvalue weighted by atomic mass is 10.1. The lowest BCUT2D eigenvalue weighted by Crippen LogP contribution is -2.48. The highest BCUT2D eigenvalue weighted by molar-refractivity contribution is 7.09. The molecule has 7 heteroatoms. The van der Waals surface area contributed by atoms with Crippen LogP contribution in [-0.2, 0) is 6.54 Å². The molecule has 0 spiro atoms. The molecule has 0 saturated carbocycles. The van der Waals surface area contributed by atoms with Crippen molar-refractivity contribution in [3.63, 3.8) is 0 Å². The Morgan fingerprint density at radius 1 is 1.07 bits per heavy atom. The molecular weight excluding hydrogens is 370 g/mol. The van der Waals surface area contributed by atoms with Crippen molar-refractivity contribution in [2.45, 2.75) is 20.4 Å². The van der Waals surface area contributed by atoms with Gasteiger partial charge in [-0.05, 0) is 13.8 Å². The number of hydrogen-bond donors (Lipinski definition) is 0. The second-order valence-electron chi connectivity index (χ2n) is 6.98. The molecule has 0 unspecified atom stereocenters. The van der Waals surface area contributed by atoms with Gasteiger partial charge in [-0.1, -0.05) is 30.3 Å². The smallest absolute Gasteiger partial charge is 0.257 e. The van der Waals surface area contributed by atoms with Crippen molar-refractivity contribution in [1.29, 1.82) is 0 Å². The maximum Gasteiger partial charge on any atom is 0.257 e. The average molecular weight is 394 g/mol. The summed E-state index contributed by atoms with van der Waals surface area (Å²) in [5.74, 6) is 0.666. The van der Waals surface area contributed by atoms with Crippen LogP contribution in [0.3, 0.4) is 0 Å². The second-order valence-corrected chi connectivity index (χ2v) is 8.05. The lowest BCUT2D eigenvalue weighted by molar-refractivity contribution is 0.0625. The molecular formula is C21H23N5OS. The molecule has 3 aromatic rings. The first-order valence-electron chi connectivity index (χ1n) is 9.42. The van der Waals surface area contributed by atoms with Gasteiger partial charge in [0.15, 0.2) is 5.82 Å². The number of aromatic nitrogens is 3. The maximum atomic E-state index is 13.0. The summed E-state index contributed by atoms with van der Waals surface area (Å²) in [5, 5.41) is 3.21. The van der Waals surface area contributed by atoms with Crippen LogP contribution in [-0.4, -0.2) is 56.8 Å². The molecule has 2 aromatic heterocycles. The third kappa shape index (κ3) is 4.10. The van der Waals surface area contributed by atoms with E-state index in [1.165, 1.54) is 0 Å². The van der Waals surface area contributed by atoms with E-state index < -0.39 is 0 Å². The lowest BCUT2D eigenvalue weighted by Gasteiger charge is -2.34. The molecule has 6 nitrogen and oxygen atoms in total. The number of amides is 1. The Labute approximate surface area is 168 Å². The van der Waals surface area contributed by atoms with Crippen molar-refractivity contribution in [1.82, 2.24) is 24.8 Å². The van der Waals surface area contributed by atoms with E-state index in [-0.39, 0.29) is 5.91 Å². The third-order valence-electron chi connectivity index (χ3n) is 4.95. The van der Waals surface area contributed by atoms with Crippen LogP contribution in [0.1, 0.15) is 26.8 Å². The van der Waals surface area contributed by atoms with Crippen LogP contribution >= 0.6 is 11.3 Å². The largest absolute Gasteiger partial charge is 0.336 e. The summed E-state index contributed by atoms with van der Waals surface area (Å²) >= 11 is 1.68. The third-order valence-corrected chi connectivity index (χ3v) is 5.78. The first-order chi connectivity index (χ1) is 13.6. The van der Waals surface area contributed by atoms with Gasteiger partial charge in [-0.15, -0.1) is 11.3 Å². The van der Waals surface area contributed by atoms with Crippen molar-refractivity contribution in [3.8, 4) is 11.4 Å². The van der Waals surface area contributed by atoms with Crippen molar-refractivity contribution >= 4 is 17.2 Å². The predicted octanol–water partition coefficient (Wildman–Crippen LogP) is 3.17. The molecule has 4 rings (SSSR count). The molecule has 1 aliphatic heterocycles. The Bertz CT molecular complexity index is 964. The molecule has 0 bridgehead atoms. The minimum absolute atomic E-state index is 0.0151. The topological polar surface area (TPSA) is 62.2 Å². The van der Waals surface area contributed by atoms with E-state index in [4.69, 9.17) is 0 Å². The van der Waals surface area contributed by atoms with Crippen LogP contribution in [0.5, 0.6) is 0 Å². The molecule has 0 radical (unpaired) electrons. The SMILES string of the molecule is Cc1nc(CN2CCN(C(=O)c3cnc(-c4ccccc4)nc3C)CC2)cs1. The van der Waals surface area contributed by atoms with Gasteiger partial charge in [-0.2, -0.15) is 0 Å². The molecule has 1 aliphatic rings. The Hall–Kier alpha value is -2.64. The fraction of sp³-hybridized carbons (Fsp3) is 0.333. The van der Waals surface area contributed by atoms with E-state index in [1.807, 2.05) is 49.1 Å². The number of nitrogens with zero attached hydrogens (tertiary/aromatic N) is 5. The zero-order valence-electron chi connectivity index (χ0n) is 16.1. The number of thiazole rings is 1. The van der Waals surface area contributed by atoms with Crippen LogP contribution in [0, 0.1) is 13.8 Å². The van der Waals surface area contributed by atoms with Gasteiger partial charge in [-0.25, -0.2) is 15.0 Å². The summed E-state index contributed by atoms with van der Waals surface area (Å²) in [6, 6.07) is 9.82. The van der Waals surface area contributed by atoms with Gasteiger partial charge in [-0.3, -0.25) is 9.69 Å². The Balaban J connectivity index is 1.40. The van der Waals surface area contributed by atoms with Crippen molar-refractivity contribution in [2.24, 2.45) is 0 Å². The van der Waals surface area contributed by atoms with E-state index in [0.717, 1.165) is 41.6 Å². The summed E-state index contributed by atoms with van der Waals surface area (Å²) in [5.41, 5.74) is 3.38. The van der Waals surface area contributed by atoms with Gasteiger partial charge in [0, 0.05) is 49.9 Å². The highest BCUT2D eigenvalue weighted by Gasteiger charge is 2.24. The maximum absolute atomic E-state index is 13.0. The van der Waals surface area contributed by atoms with Crippen LogP contribution in [0.4, 0.5) is 0 Å². The number of benzene rings is 1.